The molecule has 0 aliphatic carbocycles. The van der Waals surface area contributed by atoms with Crippen LogP contribution < -0.4 is 15.4 Å². The molecule has 1 atom stereocenters. The van der Waals surface area contributed by atoms with Gasteiger partial charge >= 0.3 is 0 Å². The summed E-state index contributed by atoms with van der Waals surface area (Å²) in [7, 11) is 0. The van der Waals surface area contributed by atoms with Crippen molar-refractivity contribution in [2.75, 3.05) is 13.1 Å². The maximum Gasteiger partial charge on any atom is 0.191 e. The molecule has 2 aromatic rings. The van der Waals surface area contributed by atoms with Gasteiger partial charge in [-0.2, -0.15) is 0 Å². The van der Waals surface area contributed by atoms with Crippen molar-refractivity contribution in [3.8, 4) is 5.75 Å². The lowest BCUT2D eigenvalue weighted by atomic mass is 10.3. The first-order chi connectivity index (χ1) is 12.0. The highest BCUT2D eigenvalue weighted by Gasteiger charge is 2.08. The minimum atomic E-state index is -0.270. The molecule has 2 N–H and O–H groups in total. The van der Waals surface area contributed by atoms with E-state index in [4.69, 9.17) is 4.74 Å². The Morgan fingerprint density at radius 1 is 1.28 bits per heavy atom. The summed E-state index contributed by atoms with van der Waals surface area (Å²) in [5.41, 5.74) is 1.04. The summed E-state index contributed by atoms with van der Waals surface area (Å²) in [5.74, 6) is 1.11. The third-order valence-electron chi connectivity index (χ3n) is 3.43. The molecule has 0 bridgehead atoms. The topological polar surface area (TPSA) is 58.5 Å². The van der Waals surface area contributed by atoms with E-state index in [0.29, 0.717) is 18.8 Å². The number of thiazole rings is 1. The second kappa shape index (κ2) is 9.36. The summed E-state index contributed by atoms with van der Waals surface area (Å²) in [5, 5.41) is 7.55. The number of aliphatic imine (C=N–C) groups is 1. The number of nitrogens with zero attached hydrogens (tertiary/aromatic N) is 2. The van der Waals surface area contributed by atoms with Crippen LogP contribution in [0.4, 0.5) is 4.39 Å². The number of aromatic nitrogens is 1. The van der Waals surface area contributed by atoms with Gasteiger partial charge in [-0.1, -0.05) is 0 Å². The Labute approximate surface area is 152 Å². The Morgan fingerprint density at radius 3 is 2.60 bits per heavy atom. The molecule has 7 heteroatoms. The number of hydrogen-bond acceptors (Lipinski definition) is 4. The Morgan fingerprint density at radius 2 is 2.00 bits per heavy atom. The van der Waals surface area contributed by atoms with E-state index < -0.39 is 0 Å². The molecule has 2 rings (SSSR count). The zero-order valence-electron chi connectivity index (χ0n) is 15.1. The fourth-order valence-electron chi connectivity index (χ4n) is 2.24. The van der Waals surface area contributed by atoms with Gasteiger partial charge in [0.25, 0.3) is 0 Å². The predicted molar refractivity (Wildman–Crippen MR) is 101 cm³/mol. The monoisotopic (exact) mass is 364 g/mol. The molecule has 0 radical (unpaired) electrons. The largest absolute Gasteiger partial charge is 0.489 e. The van der Waals surface area contributed by atoms with Crippen molar-refractivity contribution in [2.45, 2.75) is 40.3 Å². The lowest BCUT2D eigenvalue weighted by Crippen LogP contribution is -2.41. The summed E-state index contributed by atoms with van der Waals surface area (Å²) in [6.07, 6.45) is -0.0818. The van der Waals surface area contributed by atoms with Gasteiger partial charge in [0.2, 0.25) is 0 Å². The van der Waals surface area contributed by atoms with E-state index in [0.717, 1.165) is 23.2 Å². The number of benzene rings is 1. The summed E-state index contributed by atoms with van der Waals surface area (Å²) in [6.45, 7) is 9.95. The highest BCUT2D eigenvalue weighted by molar-refractivity contribution is 7.11. The fraction of sp³-hybridized carbons (Fsp3) is 0.444. The minimum Gasteiger partial charge on any atom is -0.489 e. The van der Waals surface area contributed by atoms with Gasteiger partial charge in [0.05, 0.1) is 23.8 Å². The molecule has 25 heavy (non-hydrogen) atoms. The van der Waals surface area contributed by atoms with Crippen LogP contribution in [0, 0.1) is 19.7 Å². The normalized spacial score (nSPS) is 12.8. The van der Waals surface area contributed by atoms with Gasteiger partial charge in [0.15, 0.2) is 5.96 Å². The van der Waals surface area contributed by atoms with Gasteiger partial charge in [0, 0.05) is 11.4 Å². The summed E-state index contributed by atoms with van der Waals surface area (Å²) < 4.78 is 18.7. The number of ether oxygens (including phenoxy) is 1. The van der Waals surface area contributed by atoms with Gasteiger partial charge < -0.3 is 15.4 Å². The van der Waals surface area contributed by atoms with E-state index in [2.05, 4.69) is 20.6 Å². The standard InChI is InChI=1S/C18H25FN4OS/c1-5-20-18(22-11-17-13(3)23-14(4)25-17)21-10-12(2)24-16-8-6-15(19)7-9-16/h6-9,12H,5,10-11H2,1-4H3,(H2,20,21,22). The average molecular weight is 364 g/mol. The number of halogens is 1. The summed E-state index contributed by atoms with van der Waals surface area (Å²) >= 11 is 1.67. The van der Waals surface area contributed by atoms with Crippen LogP contribution in [0.1, 0.15) is 29.4 Å². The van der Waals surface area contributed by atoms with Crippen molar-refractivity contribution in [3.63, 3.8) is 0 Å². The molecule has 0 saturated carbocycles. The average Bonchev–Trinajstić information content (AvgIpc) is 2.90. The van der Waals surface area contributed by atoms with Crippen molar-refractivity contribution in [1.29, 1.82) is 0 Å². The van der Waals surface area contributed by atoms with Crippen LogP contribution >= 0.6 is 11.3 Å². The number of aryl methyl sites for hydroxylation is 2. The maximum atomic E-state index is 12.9. The van der Waals surface area contributed by atoms with E-state index >= 15 is 0 Å². The van der Waals surface area contributed by atoms with Crippen molar-refractivity contribution in [1.82, 2.24) is 15.6 Å². The molecule has 0 amide bonds. The lowest BCUT2D eigenvalue weighted by Gasteiger charge is -2.17. The van der Waals surface area contributed by atoms with Crippen LogP contribution in [0.15, 0.2) is 29.3 Å². The van der Waals surface area contributed by atoms with E-state index in [1.807, 2.05) is 27.7 Å². The SMILES string of the molecule is CCNC(=NCc1sc(C)nc1C)NCC(C)Oc1ccc(F)cc1. The second-order valence-electron chi connectivity index (χ2n) is 5.70. The second-order valence-corrected chi connectivity index (χ2v) is 6.99. The van der Waals surface area contributed by atoms with Crippen molar-refractivity contribution < 1.29 is 9.13 Å². The first kappa shape index (κ1) is 19.2. The minimum absolute atomic E-state index is 0.0818. The number of rotatable bonds is 7. The van der Waals surface area contributed by atoms with Crippen LogP contribution in [0.3, 0.4) is 0 Å². The highest BCUT2D eigenvalue weighted by Crippen LogP contribution is 2.17. The third kappa shape index (κ3) is 6.34. The lowest BCUT2D eigenvalue weighted by molar-refractivity contribution is 0.223. The Kier molecular flexibility index (Phi) is 7.18. The van der Waals surface area contributed by atoms with Crippen LogP contribution in [0.2, 0.25) is 0 Å². The first-order valence-corrected chi connectivity index (χ1v) is 9.17. The third-order valence-corrected chi connectivity index (χ3v) is 4.49. The molecule has 0 spiro atoms. The maximum absolute atomic E-state index is 12.9. The Balaban J connectivity index is 1.88. The van der Waals surface area contributed by atoms with E-state index in [1.54, 1.807) is 23.5 Å². The van der Waals surface area contributed by atoms with Gasteiger partial charge in [0.1, 0.15) is 17.7 Å². The zero-order chi connectivity index (χ0) is 18.2. The summed E-state index contributed by atoms with van der Waals surface area (Å²) in [6, 6.07) is 6.03. The molecule has 0 aliphatic rings. The van der Waals surface area contributed by atoms with E-state index in [1.165, 1.54) is 17.0 Å². The van der Waals surface area contributed by atoms with Crippen LogP contribution in [0.5, 0.6) is 5.75 Å². The Bertz CT molecular complexity index is 700. The summed E-state index contributed by atoms with van der Waals surface area (Å²) in [4.78, 5) is 10.2. The predicted octanol–water partition coefficient (Wildman–Crippen LogP) is 3.42. The van der Waals surface area contributed by atoms with Crippen molar-refractivity contribution in [3.05, 3.63) is 45.7 Å². The number of nitrogens with one attached hydrogen (secondary N) is 2. The van der Waals surface area contributed by atoms with E-state index in [-0.39, 0.29) is 11.9 Å². The van der Waals surface area contributed by atoms with Crippen LogP contribution in [0.25, 0.3) is 0 Å². The molecule has 1 unspecified atom stereocenters. The molecule has 1 aromatic heterocycles. The zero-order valence-corrected chi connectivity index (χ0v) is 15.9. The smallest absolute Gasteiger partial charge is 0.191 e. The first-order valence-electron chi connectivity index (χ1n) is 8.35. The van der Waals surface area contributed by atoms with E-state index in [9.17, 15) is 4.39 Å². The molecular weight excluding hydrogens is 339 g/mol. The molecule has 1 heterocycles. The van der Waals surface area contributed by atoms with Gasteiger partial charge in [-0.15, -0.1) is 11.3 Å². The van der Waals surface area contributed by atoms with Crippen LogP contribution in [-0.4, -0.2) is 30.1 Å². The van der Waals surface area contributed by atoms with Gasteiger partial charge in [-0.05, 0) is 52.0 Å². The molecule has 0 fully saturated rings. The molecule has 0 saturated heterocycles. The highest BCUT2D eigenvalue weighted by atomic mass is 32.1. The Hall–Kier alpha value is -2.15. The molecule has 1 aromatic carbocycles. The molecular formula is C18H25FN4OS. The van der Waals surface area contributed by atoms with Gasteiger partial charge in [-0.25, -0.2) is 14.4 Å². The number of guanidine groups is 1. The van der Waals surface area contributed by atoms with Crippen LogP contribution in [-0.2, 0) is 6.54 Å². The van der Waals surface area contributed by atoms with Gasteiger partial charge in [-0.3, -0.25) is 0 Å². The molecule has 5 nitrogen and oxygen atoms in total. The van der Waals surface area contributed by atoms with Crippen molar-refractivity contribution >= 4 is 17.3 Å². The molecule has 136 valence electrons. The fourth-order valence-corrected chi connectivity index (χ4v) is 3.10. The quantitative estimate of drug-likeness (QED) is 0.584. The molecule has 0 aliphatic heterocycles. The van der Waals surface area contributed by atoms with Crippen molar-refractivity contribution in [2.24, 2.45) is 4.99 Å². The number of hydrogen-bond donors (Lipinski definition) is 2.